The second-order valence-electron chi connectivity index (χ2n) is 4.56. The van der Waals surface area contributed by atoms with Crippen molar-refractivity contribution in [1.82, 2.24) is 5.32 Å². The number of carbonyl (C=O) groups excluding carboxylic acids is 2. The van der Waals surface area contributed by atoms with Crippen LogP contribution < -0.4 is 5.32 Å². The summed E-state index contributed by atoms with van der Waals surface area (Å²) in [5.74, 6) is 0.553. The lowest BCUT2D eigenvalue weighted by atomic mass is 10.1. The van der Waals surface area contributed by atoms with Gasteiger partial charge in [0.25, 0.3) is 0 Å². The van der Waals surface area contributed by atoms with Crippen LogP contribution in [-0.4, -0.2) is 25.0 Å². The predicted molar refractivity (Wildman–Crippen MR) is 54.0 cm³/mol. The number of carbonyl (C=O) groups is 2. The van der Waals surface area contributed by atoms with Crippen LogP contribution in [-0.2, 0) is 14.3 Å². The van der Waals surface area contributed by atoms with Gasteiger partial charge in [-0.25, -0.2) is 0 Å². The van der Waals surface area contributed by atoms with Crippen LogP contribution in [0.5, 0.6) is 0 Å². The number of nitrogens with one attached hydrogen (secondary N) is 1. The fourth-order valence-electron chi connectivity index (χ4n) is 2.05. The molecule has 2 aliphatic rings. The molecule has 0 aliphatic heterocycles. The Kier molecular flexibility index (Phi) is 3.23. The third-order valence-corrected chi connectivity index (χ3v) is 3.23. The molecule has 0 spiro atoms. The van der Waals surface area contributed by atoms with Crippen molar-refractivity contribution in [2.75, 3.05) is 6.61 Å². The Bertz CT molecular complexity index is 250. The lowest BCUT2D eigenvalue weighted by molar-refractivity contribution is -0.148. The lowest BCUT2D eigenvalue weighted by Gasteiger charge is -2.10. The van der Waals surface area contributed by atoms with E-state index in [1.54, 1.807) is 0 Å². The largest absolute Gasteiger partial charge is 0.465 e. The number of rotatable bonds is 5. The number of amides is 1. The van der Waals surface area contributed by atoms with E-state index in [-0.39, 0.29) is 17.9 Å². The van der Waals surface area contributed by atoms with Gasteiger partial charge in [-0.2, -0.15) is 0 Å². The fraction of sp³-hybridized carbons (Fsp3) is 0.818. The van der Waals surface area contributed by atoms with E-state index in [0.29, 0.717) is 18.9 Å². The summed E-state index contributed by atoms with van der Waals surface area (Å²) >= 11 is 0. The first-order valence-electron chi connectivity index (χ1n) is 5.66. The van der Waals surface area contributed by atoms with E-state index in [0.717, 1.165) is 19.3 Å². The fourth-order valence-corrected chi connectivity index (χ4v) is 2.05. The summed E-state index contributed by atoms with van der Waals surface area (Å²) < 4.78 is 5.22. The Morgan fingerprint density at radius 2 is 2.13 bits per heavy atom. The summed E-state index contributed by atoms with van der Waals surface area (Å²) in [6.45, 7) is 0.598. The zero-order valence-electron chi connectivity index (χ0n) is 8.78. The second kappa shape index (κ2) is 4.64. The Labute approximate surface area is 89.4 Å². The molecule has 2 fully saturated rings. The molecule has 15 heavy (non-hydrogen) atoms. The van der Waals surface area contributed by atoms with Crippen LogP contribution in [0.4, 0.5) is 0 Å². The molecule has 2 atom stereocenters. The van der Waals surface area contributed by atoms with Gasteiger partial charge < -0.3 is 10.1 Å². The minimum atomic E-state index is -0.0721. The Balaban J connectivity index is 1.69. The highest BCUT2D eigenvalue weighted by Crippen LogP contribution is 2.31. The van der Waals surface area contributed by atoms with Gasteiger partial charge in [0.1, 0.15) is 0 Å². The summed E-state index contributed by atoms with van der Waals surface area (Å²) in [5, 5.41) is 2.72. The molecule has 2 aliphatic carbocycles. The second-order valence-corrected chi connectivity index (χ2v) is 4.56. The van der Waals surface area contributed by atoms with Crippen molar-refractivity contribution in [2.24, 2.45) is 11.8 Å². The first kappa shape index (κ1) is 10.5. The summed E-state index contributed by atoms with van der Waals surface area (Å²) in [4.78, 5) is 21.8. The minimum absolute atomic E-state index is 0.00111. The Morgan fingerprint density at radius 1 is 1.33 bits per heavy atom. The highest BCUT2D eigenvalue weighted by atomic mass is 16.5. The molecule has 0 saturated heterocycles. The van der Waals surface area contributed by atoms with E-state index in [1.807, 2.05) is 0 Å². The average molecular weight is 211 g/mol. The van der Waals surface area contributed by atoms with Crippen LogP contribution in [0, 0.1) is 11.8 Å². The molecular formula is C11H17NO3. The molecule has 1 N–H and O–H groups in total. The minimum Gasteiger partial charge on any atom is -0.465 e. The first-order chi connectivity index (χ1) is 7.29. The van der Waals surface area contributed by atoms with E-state index in [9.17, 15) is 9.59 Å². The topological polar surface area (TPSA) is 55.4 Å². The molecule has 2 unspecified atom stereocenters. The number of ether oxygens (including phenoxy) is 1. The lowest BCUT2D eigenvalue weighted by Crippen LogP contribution is -2.26. The Hall–Kier alpha value is -1.06. The molecule has 2 rings (SSSR count). The van der Waals surface area contributed by atoms with Gasteiger partial charge in [-0.1, -0.05) is 0 Å². The Morgan fingerprint density at radius 3 is 2.80 bits per heavy atom. The van der Waals surface area contributed by atoms with Crippen LogP contribution in [0.15, 0.2) is 0 Å². The van der Waals surface area contributed by atoms with Crippen molar-refractivity contribution >= 4 is 12.4 Å². The van der Waals surface area contributed by atoms with Crippen molar-refractivity contribution in [1.29, 1.82) is 0 Å². The molecule has 0 aromatic rings. The van der Waals surface area contributed by atoms with Gasteiger partial charge in [0.15, 0.2) is 0 Å². The third-order valence-electron chi connectivity index (χ3n) is 3.23. The summed E-state index contributed by atoms with van der Waals surface area (Å²) in [6, 6.07) is 0.168. The quantitative estimate of drug-likeness (QED) is 0.542. The van der Waals surface area contributed by atoms with E-state index < -0.39 is 0 Å². The molecule has 1 amide bonds. The third kappa shape index (κ3) is 2.94. The van der Waals surface area contributed by atoms with Crippen molar-refractivity contribution in [3.8, 4) is 0 Å². The van der Waals surface area contributed by atoms with Gasteiger partial charge in [-0.05, 0) is 38.0 Å². The maximum atomic E-state index is 11.6. The highest BCUT2D eigenvalue weighted by Gasteiger charge is 2.32. The zero-order valence-corrected chi connectivity index (χ0v) is 8.78. The van der Waals surface area contributed by atoms with E-state index in [2.05, 4.69) is 5.32 Å². The highest BCUT2D eigenvalue weighted by molar-refractivity contribution is 5.73. The van der Waals surface area contributed by atoms with E-state index >= 15 is 0 Å². The monoisotopic (exact) mass is 211 g/mol. The van der Waals surface area contributed by atoms with Gasteiger partial charge in [-0.15, -0.1) is 0 Å². The molecule has 0 aromatic heterocycles. The number of hydrogen-bond donors (Lipinski definition) is 1. The van der Waals surface area contributed by atoms with Gasteiger partial charge in [0, 0.05) is 6.04 Å². The summed E-state index contributed by atoms with van der Waals surface area (Å²) in [5.41, 5.74) is 0. The van der Waals surface area contributed by atoms with Crippen molar-refractivity contribution in [3.05, 3.63) is 0 Å². The van der Waals surface area contributed by atoms with Crippen molar-refractivity contribution in [2.45, 2.75) is 38.1 Å². The van der Waals surface area contributed by atoms with Crippen molar-refractivity contribution in [3.63, 3.8) is 0 Å². The van der Waals surface area contributed by atoms with Crippen molar-refractivity contribution < 1.29 is 14.3 Å². The first-order valence-corrected chi connectivity index (χ1v) is 5.66. The van der Waals surface area contributed by atoms with Gasteiger partial charge in [-0.3, -0.25) is 9.59 Å². The van der Waals surface area contributed by atoms with Crippen LogP contribution >= 0.6 is 0 Å². The van der Waals surface area contributed by atoms with E-state index in [1.165, 1.54) is 12.8 Å². The predicted octanol–water partition coefficient (Wildman–Crippen LogP) is 0.854. The van der Waals surface area contributed by atoms with Gasteiger partial charge >= 0.3 is 5.97 Å². The van der Waals surface area contributed by atoms with Crippen LogP contribution in [0.2, 0.25) is 0 Å². The number of esters is 1. The molecule has 84 valence electrons. The zero-order chi connectivity index (χ0) is 10.7. The molecule has 0 heterocycles. The normalized spacial score (nSPS) is 29.9. The molecule has 4 heteroatoms. The smallest absolute Gasteiger partial charge is 0.309 e. The molecule has 0 radical (unpaired) electrons. The molecule has 2 saturated carbocycles. The molecule has 4 nitrogen and oxygen atoms in total. The molecule has 0 bridgehead atoms. The maximum absolute atomic E-state index is 11.6. The summed E-state index contributed by atoms with van der Waals surface area (Å²) in [6.07, 6.45) is 5.59. The SMILES string of the molecule is O=CNC1CCC(C(=O)OCC2CC2)C1. The van der Waals surface area contributed by atoms with Crippen LogP contribution in [0.3, 0.4) is 0 Å². The number of hydrogen-bond acceptors (Lipinski definition) is 3. The van der Waals surface area contributed by atoms with E-state index in [4.69, 9.17) is 4.74 Å². The van der Waals surface area contributed by atoms with Crippen LogP contribution in [0.1, 0.15) is 32.1 Å². The maximum Gasteiger partial charge on any atom is 0.309 e. The average Bonchev–Trinajstić information content (AvgIpc) is 2.94. The standard InChI is InChI=1S/C11H17NO3/c13-7-12-10-4-3-9(5-10)11(14)15-6-8-1-2-8/h7-10H,1-6H2,(H,12,13). The van der Waals surface area contributed by atoms with Gasteiger partial charge in [0.2, 0.25) is 6.41 Å². The molecule has 0 aromatic carbocycles. The summed E-state index contributed by atoms with van der Waals surface area (Å²) in [7, 11) is 0. The van der Waals surface area contributed by atoms with Crippen LogP contribution in [0.25, 0.3) is 0 Å². The van der Waals surface area contributed by atoms with Gasteiger partial charge in [0.05, 0.1) is 12.5 Å². The molecular weight excluding hydrogens is 194 g/mol.